The zero-order valence-electron chi connectivity index (χ0n) is 16.8. The van der Waals surface area contributed by atoms with Crippen molar-refractivity contribution in [2.75, 3.05) is 7.11 Å². The van der Waals surface area contributed by atoms with Crippen LogP contribution >= 0.6 is 0 Å². The van der Waals surface area contributed by atoms with Crippen LogP contribution in [0.4, 0.5) is 0 Å². The maximum absolute atomic E-state index is 5.23. The monoisotopic (exact) mass is 360 g/mol. The Kier molecular flexibility index (Phi) is 10.3. The summed E-state index contributed by atoms with van der Waals surface area (Å²) in [6.45, 7) is 2.31. The number of rotatable bonds is 12. The summed E-state index contributed by atoms with van der Waals surface area (Å²) < 4.78 is 5.23. The molecule has 0 bridgehead atoms. The highest BCUT2D eigenvalue weighted by Gasteiger charge is 2.21. The Balaban J connectivity index is 1.49. The van der Waals surface area contributed by atoms with Crippen molar-refractivity contribution in [3.63, 3.8) is 0 Å². The van der Waals surface area contributed by atoms with E-state index in [1.165, 1.54) is 56.9 Å². The standard InChI is InChI=1S/C23H40OSi/c1-3-4-5-6-9-18-25-19-16-22(17-20-25)11-8-7-10-21-12-14-23(24-2)15-13-21/h12-15,22,25H,3-11,16-20H2,1-2H3/t22-,25-. The number of hydrogen-bond donors (Lipinski definition) is 0. The summed E-state index contributed by atoms with van der Waals surface area (Å²) in [6, 6.07) is 13.6. The predicted molar refractivity (Wildman–Crippen MR) is 114 cm³/mol. The summed E-state index contributed by atoms with van der Waals surface area (Å²) in [5.41, 5.74) is 1.46. The second kappa shape index (κ2) is 12.6. The van der Waals surface area contributed by atoms with Gasteiger partial charge in [-0.3, -0.25) is 0 Å². The Morgan fingerprint density at radius 2 is 1.64 bits per heavy atom. The molecule has 1 aromatic carbocycles. The molecular weight excluding hydrogens is 320 g/mol. The minimum absolute atomic E-state index is 0.326. The summed E-state index contributed by atoms with van der Waals surface area (Å²) in [4.78, 5) is 0. The molecule has 0 aliphatic carbocycles. The first-order valence-electron chi connectivity index (χ1n) is 10.9. The van der Waals surface area contributed by atoms with E-state index in [-0.39, 0.29) is 8.80 Å². The van der Waals surface area contributed by atoms with E-state index >= 15 is 0 Å². The molecule has 0 radical (unpaired) electrons. The third kappa shape index (κ3) is 8.44. The lowest BCUT2D eigenvalue weighted by Crippen LogP contribution is -2.21. The van der Waals surface area contributed by atoms with Crippen LogP contribution in [-0.2, 0) is 6.42 Å². The molecule has 1 nitrogen and oxygen atoms in total. The lowest BCUT2D eigenvalue weighted by Gasteiger charge is -2.27. The van der Waals surface area contributed by atoms with Gasteiger partial charge in [0.2, 0.25) is 0 Å². The normalized spacial score (nSPS) is 20.6. The maximum Gasteiger partial charge on any atom is 0.118 e. The summed E-state index contributed by atoms with van der Waals surface area (Å²) in [7, 11) is 1.41. The fourth-order valence-electron chi connectivity index (χ4n) is 4.40. The highest BCUT2D eigenvalue weighted by molar-refractivity contribution is 6.58. The average Bonchev–Trinajstić information content (AvgIpc) is 2.66. The van der Waals surface area contributed by atoms with Gasteiger partial charge in [-0.15, -0.1) is 0 Å². The Morgan fingerprint density at radius 1 is 0.920 bits per heavy atom. The van der Waals surface area contributed by atoms with Crippen LogP contribution in [0.25, 0.3) is 0 Å². The molecular formula is C23H40OSi. The molecule has 1 heterocycles. The molecule has 142 valence electrons. The Morgan fingerprint density at radius 3 is 2.32 bits per heavy atom. The second-order valence-electron chi connectivity index (χ2n) is 8.18. The van der Waals surface area contributed by atoms with Crippen molar-refractivity contribution in [1.29, 1.82) is 0 Å². The first kappa shape index (κ1) is 20.5. The van der Waals surface area contributed by atoms with Crippen LogP contribution in [0.2, 0.25) is 18.1 Å². The van der Waals surface area contributed by atoms with E-state index in [9.17, 15) is 0 Å². The van der Waals surface area contributed by atoms with Crippen LogP contribution in [0.3, 0.4) is 0 Å². The number of methoxy groups -OCH3 is 1. The molecule has 1 aliphatic rings. The van der Waals surface area contributed by atoms with Crippen LogP contribution in [0.1, 0.15) is 76.7 Å². The molecule has 2 rings (SSSR count). The van der Waals surface area contributed by atoms with E-state index in [0.717, 1.165) is 11.7 Å². The minimum atomic E-state index is -0.326. The van der Waals surface area contributed by atoms with Gasteiger partial charge < -0.3 is 4.74 Å². The van der Waals surface area contributed by atoms with E-state index in [2.05, 4.69) is 31.2 Å². The van der Waals surface area contributed by atoms with E-state index in [4.69, 9.17) is 4.74 Å². The molecule has 0 unspecified atom stereocenters. The largest absolute Gasteiger partial charge is 0.497 e. The molecule has 0 atom stereocenters. The molecule has 0 N–H and O–H groups in total. The first-order chi connectivity index (χ1) is 12.3. The van der Waals surface area contributed by atoms with Crippen LogP contribution in [-0.4, -0.2) is 15.9 Å². The van der Waals surface area contributed by atoms with Crippen molar-refractivity contribution in [3.05, 3.63) is 29.8 Å². The zero-order chi connectivity index (χ0) is 17.7. The van der Waals surface area contributed by atoms with Crippen LogP contribution < -0.4 is 4.74 Å². The van der Waals surface area contributed by atoms with Gasteiger partial charge >= 0.3 is 0 Å². The predicted octanol–water partition coefficient (Wildman–Crippen LogP) is 7.02. The minimum Gasteiger partial charge on any atom is -0.497 e. The van der Waals surface area contributed by atoms with E-state index in [1.807, 2.05) is 0 Å². The quantitative estimate of drug-likeness (QED) is 0.287. The molecule has 1 fully saturated rings. The van der Waals surface area contributed by atoms with E-state index in [1.54, 1.807) is 44.5 Å². The second-order valence-corrected chi connectivity index (χ2v) is 11.6. The lowest BCUT2D eigenvalue weighted by molar-refractivity contribution is 0.414. The molecule has 1 saturated heterocycles. The first-order valence-corrected chi connectivity index (χ1v) is 13.4. The average molecular weight is 361 g/mol. The number of aryl methyl sites for hydroxylation is 1. The van der Waals surface area contributed by atoms with Crippen molar-refractivity contribution >= 4 is 8.80 Å². The van der Waals surface area contributed by atoms with Crippen molar-refractivity contribution in [3.8, 4) is 5.75 Å². The molecule has 2 heteroatoms. The highest BCUT2D eigenvalue weighted by atomic mass is 28.3. The van der Waals surface area contributed by atoms with Gasteiger partial charge in [-0.05, 0) is 36.5 Å². The highest BCUT2D eigenvalue weighted by Crippen LogP contribution is 2.31. The van der Waals surface area contributed by atoms with Gasteiger partial charge in [0.1, 0.15) is 5.75 Å². The number of unbranched alkanes of at least 4 members (excludes halogenated alkanes) is 5. The number of hydrogen-bond acceptors (Lipinski definition) is 1. The van der Waals surface area contributed by atoms with Gasteiger partial charge in [-0.25, -0.2) is 0 Å². The molecule has 0 saturated carbocycles. The zero-order valence-corrected chi connectivity index (χ0v) is 17.9. The van der Waals surface area contributed by atoms with Crippen molar-refractivity contribution in [2.45, 2.75) is 95.7 Å². The van der Waals surface area contributed by atoms with Crippen molar-refractivity contribution in [2.24, 2.45) is 5.92 Å². The summed E-state index contributed by atoms with van der Waals surface area (Å²) in [6.07, 6.45) is 16.0. The van der Waals surface area contributed by atoms with E-state index in [0.29, 0.717) is 0 Å². The van der Waals surface area contributed by atoms with E-state index < -0.39 is 0 Å². The SMILES string of the molecule is CCCCCCC[Si@H]1CC[C@H](CCCCc2ccc(OC)cc2)CC1. The van der Waals surface area contributed by atoms with Crippen molar-refractivity contribution < 1.29 is 4.74 Å². The molecule has 1 aliphatic heterocycles. The summed E-state index contributed by atoms with van der Waals surface area (Å²) in [5.74, 6) is 2.02. The van der Waals surface area contributed by atoms with Gasteiger partial charge in [-0.1, -0.05) is 95.0 Å². The van der Waals surface area contributed by atoms with Gasteiger partial charge in [0.25, 0.3) is 0 Å². The molecule has 1 aromatic rings. The smallest absolute Gasteiger partial charge is 0.118 e. The van der Waals surface area contributed by atoms with Gasteiger partial charge in [0.15, 0.2) is 0 Å². The Hall–Kier alpha value is -0.763. The third-order valence-corrected chi connectivity index (χ3v) is 9.69. The Bertz CT molecular complexity index is 434. The van der Waals surface area contributed by atoms with Crippen LogP contribution in [0.5, 0.6) is 5.75 Å². The van der Waals surface area contributed by atoms with Gasteiger partial charge in [-0.2, -0.15) is 0 Å². The molecule has 25 heavy (non-hydrogen) atoms. The summed E-state index contributed by atoms with van der Waals surface area (Å²) in [5, 5.41) is 0. The van der Waals surface area contributed by atoms with Gasteiger partial charge in [0.05, 0.1) is 7.11 Å². The maximum atomic E-state index is 5.23. The molecule has 0 aromatic heterocycles. The van der Waals surface area contributed by atoms with Crippen molar-refractivity contribution in [1.82, 2.24) is 0 Å². The van der Waals surface area contributed by atoms with Crippen LogP contribution in [0.15, 0.2) is 24.3 Å². The third-order valence-electron chi connectivity index (χ3n) is 6.17. The van der Waals surface area contributed by atoms with Crippen LogP contribution in [0, 0.1) is 5.92 Å². The lowest BCUT2D eigenvalue weighted by atomic mass is 9.95. The number of benzene rings is 1. The molecule has 0 amide bonds. The van der Waals surface area contributed by atoms with Gasteiger partial charge in [0, 0.05) is 8.80 Å². The molecule has 0 spiro atoms. The number of ether oxygens (including phenoxy) is 1. The fraction of sp³-hybridized carbons (Fsp3) is 0.739. The fourth-order valence-corrected chi connectivity index (χ4v) is 8.02. The summed E-state index contributed by atoms with van der Waals surface area (Å²) >= 11 is 0. The topological polar surface area (TPSA) is 9.23 Å². The Labute approximate surface area is 158 Å².